The Morgan fingerprint density at radius 1 is 1.62 bits per heavy atom. The van der Waals surface area contributed by atoms with E-state index in [1.807, 2.05) is 0 Å². The van der Waals surface area contributed by atoms with Gasteiger partial charge in [-0.15, -0.1) is 0 Å². The minimum Gasteiger partial charge on any atom is -0.255 e. The van der Waals surface area contributed by atoms with Gasteiger partial charge in [-0.3, -0.25) is 4.98 Å². The van der Waals surface area contributed by atoms with E-state index in [1.54, 1.807) is 6.92 Å². The van der Waals surface area contributed by atoms with Crippen molar-refractivity contribution in [3.63, 3.8) is 0 Å². The summed E-state index contributed by atoms with van der Waals surface area (Å²) in [6.45, 7) is 1.68. The van der Waals surface area contributed by atoms with Gasteiger partial charge in [0.15, 0.2) is 0 Å². The number of aryl methyl sites for hydroxylation is 1. The first-order chi connectivity index (χ1) is 6.06. The SMILES string of the molecule is Cc1nc(CBr)c(C(F)F)cc1Cl. The zero-order chi connectivity index (χ0) is 10.0. The summed E-state index contributed by atoms with van der Waals surface area (Å²) in [6.07, 6.45) is -2.53. The highest BCUT2D eigenvalue weighted by molar-refractivity contribution is 9.08. The van der Waals surface area contributed by atoms with Gasteiger partial charge in [-0.25, -0.2) is 8.78 Å². The number of halogens is 4. The van der Waals surface area contributed by atoms with Crippen molar-refractivity contribution in [1.29, 1.82) is 0 Å². The van der Waals surface area contributed by atoms with Crippen molar-refractivity contribution in [2.45, 2.75) is 18.7 Å². The highest BCUT2D eigenvalue weighted by atomic mass is 79.9. The van der Waals surface area contributed by atoms with Gasteiger partial charge in [0.1, 0.15) is 0 Å². The fraction of sp³-hybridized carbons (Fsp3) is 0.375. The molecule has 0 saturated carbocycles. The molecule has 0 aromatic carbocycles. The molecule has 0 aliphatic heterocycles. The third-order valence-electron chi connectivity index (χ3n) is 1.63. The van der Waals surface area contributed by atoms with Gasteiger partial charge >= 0.3 is 0 Å². The van der Waals surface area contributed by atoms with Crippen LogP contribution in [0, 0.1) is 6.92 Å². The molecule has 1 aromatic heterocycles. The fourth-order valence-corrected chi connectivity index (χ4v) is 1.55. The number of alkyl halides is 3. The number of rotatable bonds is 2. The topological polar surface area (TPSA) is 12.9 Å². The third-order valence-corrected chi connectivity index (χ3v) is 2.54. The molecule has 1 nitrogen and oxygen atoms in total. The van der Waals surface area contributed by atoms with Crippen molar-refractivity contribution < 1.29 is 8.78 Å². The number of pyridine rings is 1. The molecule has 0 fully saturated rings. The largest absolute Gasteiger partial charge is 0.265 e. The Kier molecular flexibility index (Phi) is 3.62. The van der Waals surface area contributed by atoms with E-state index in [0.717, 1.165) is 0 Å². The maximum absolute atomic E-state index is 12.4. The van der Waals surface area contributed by atoms with Crippen molar-refractivity contribution in [2.75, 3.05) is 0 Å². The van der Waals surface area contributed by atoms with Crippen molar-refractivity contribution in [3.05, 3.63) is 28.0 Å². The molecule has 0 radical (unpaired) electrons. The fourth-order valence-electron chi connectivity index (χ4n) is 0.941. The second kappa shape index (κ2) is 4.33. The average Bonchev–Trinajstić information content (AvgIpc) is 2.08. The number of aromatic nitrogens is 1. The minimum absolute atomic E-state index is 0.104. The van der Waals surface area contributed by atoms with Crippen molar-refractivity contribution in [2.24, 2.45) is 0 Å². The van der Waals surface area contributed by atoms with Crippen molar-refractivity contribution in [1.82, 2.24) is 4.98 Å². The Hall–Kier alpha value is -0.220. The van der Waals surface area contributed by atoms with Gasteiger partial charge in [-0.05, 0) is 13.0 Å². The van der Waals surface area contributed by atoms with Gasteiger partial charge in [0.2, 0.25) is 0 Å². The first-order valence-electron chi connectivity index (χ1n) is 3.56. The molecule has 13 heavy (non-hydrogen) atoms. The maximum atomic E-state index is 12.4. The van der Waals surface area contributed by atoms with Gasteiger partial charge in [-0.1, -0.05) is 27.5 Å². The molecule has 72 valence electrons. The monoisotopic (exact) mass is 269 g/mol. The predicted octanol–water partition coefficient (Wildman–Crippen LogP) is 3.88. The van der Waals surface area contributed by atoms with Crippen LogP contribution in [0.25, 0.3) is 0 Å². The number of hydrogen-bond acceptors (Lipinski definition) is 1. The zero-order valence-electron chi connectivity index (χ0n) is 6.82. The molecule has 5 heteroatoms. The van der Waals surface area contributed by atoms with Gasteiger partial charge in [0, 0.05) is 10.9 Å². The zero-order valence-corrected chi connectivity index (χ0v) is 9.16. The third kappa shape index (κ3) is 2.38. The van der Waals surface area contributed by atoms with E-state index in [0.29, 0.717) is 16.7 Å². The molecule has 1 heterocycles. The van der Waals surface area contributed by atoms with Gasteiger partial charge in [-0.2, -0.15) is 0 Å². The Bertz CT molecular complexity index is 317. The van der Waals surface area contributed by atoms with Crippen molar-refractivity contribution in [3.8, 4) is 0 Å². The second-order valence-electron chi connectivity index (χ2n) is 2.53. The Balaban J connectivity index is 3.25. The lowest BCUT2D eigenvalue weighted by atomic mass is 10.2. The number of nitrogens with zero attached hydrogens (tertiary/aromatic N) is 1. The first-order valence-corrected chi connectivity index (χ1v) is 5.06. The van der Waals surface area contributed by atoms with Gasteiger partial charge in [0.25, 0.3) is 6.43 Å². The van der Waals surface area contributed by atoms with E-state index in [9.17, 15) is 8.78 Å². The van der Waals surface area contributed by atoms with Crippen molar-refractivity contribution >= 4 is 27.5 Å². The molecule has 1 rings (SSSR count). The molecule has 0 amide bonds. The highest BCUT2D eigenvalue weighted by Crippen LogP contribution is 2.27. The van der Waals surface area contributed by atoms with Crippen LogP contribution in [0.15, 0.2) is 6.07 Å². The van der Waals surface area contributed by atoms with E-state index in [4.69, 9.17) is 11.6 Å². The minimum atomic E-state index is -2.53. The Labute approximate surface area is 88.2 Å². The van der Waals surface area contributed by atoms with Crippen LogP contribution < -0.4 is 0 Å². The summed E-state index contributed by atoms with van der Waals surface area (Å²) in [5.74, 6) is 0. The van der Waals surface area contributed by atoms with E-state index in [2.05, 4.69) is 20.9 Å². The quantitative estimate of drug-likeness (QED) is 0.743. The molecule has 0 bridgehead atoms. The molecule has 0 aliphatic carbocycles. The summed E-state index contributed by atoms with van der Waals surface area (Å²) in [5.41, 5.74) is 0.810. The first kappa shape index (κ1) is 10.9. The van der Waals surface area contributed by atoms with E-state index >= 15 is 0 Å². The lowest BCUT2D eigenvalue weighted by Gasteiger charge is -2.07. The smallest absolute Gasteiger partial charge is 0.255 e. The average molecular weight is 271 g/mol. The van der Waals surface area contributed by atoms with Crippen LogP contribution in [0.4, 0.5) is 8.78 Å². The standard InChI is InChI=1S/C8H7BrClF2N/c1-4-6(10)2-5(8(11)12)7(3-9)13-4/h2,8H,3H2,1H3. The normalized spacial score (nSPS) is 10.9. The molecule has 0 saturated heterocycles. The van der Waals surface area contributed by atoms with Gasteiger partial charge < -0.3 is 0 Å². The lowest BCUT2D eigenvalue weighted by Crippen LogP contribution is -1.98. The maximum Gasteiger partial charge on any atom is 0.265 e. The van der Waals surface area contributed by atoms with Crippen LogP contribution in [0.5, 0.6) is 0 Å². The van der Waals surface area contributed by atoms with E-state index in [1.165, 1.54) is 6.07 Å². The molecule has 0 aliphatic rings. The Morgan fingerprint density at radius 2 is 2.23 bits per heavy atom. The summed E-state index contributed by atoms with van der Waals surface area (Å²) in [5, 5.41) is 0.588. The molecular formula is C8H7BrClF2N. The summed E-state index contributed by atoms with van der Waals surface area (Å²) >= 11 is 8.77. The summed E-state index contributed by atoms with van der Waals surface area (Å²) in [4.78, 5) is 3.95. The van der Waals surface area contributed by atoms with E-state index in [-0.39, 0.29) is 10.6 Å². The molecule has 1 aromatic rings. The van der Waals surface area contributed by atoms with Crippen LogP contribution in [0.2, 0.25) is 5.02 Å². The van der Waals surface area contributed by atoms with Crippen LogP contribution >= 0.6 is 27.5 Å². The highest BCUT2D eigenvalue weighted by Gasteiger charge is 2.15. The molecular weight excluding hydrogens is 263 g/mol. The number of hydrogen-bond donors (Lipinski definition) is 0. The lowest BCUT2D eigenvalue weighted by molar-refractivity contribution is 0.150. The van der Waals surface area contributed by atoms with Crippen LogP contribution in [0.1, 0.15) is 23.4 Å². The summed E-state index contributed by atoms with van der Waals surface area (Å²) in [7, 11) is 0. The van der Waals surface area contributed by atoms with Gasteiger partial charge in [0.05, 0.1) is 16.4 Å². The Morgan fingerprint density at radius 3 is 2.69 bits per heavy atom. The summed E-state index contributed by atoms with van der Waals surface area (Å²) < 4.78 is 24.8. The molecule has 0 spiro atoms. The van der Waals surface area contributed by atoms with Crippen LogP contribution in [-0.4, -0.2) is 4.98 Å². The molecule has 0 atom stereocenters. The predicted molar refractivity (Wildman–Crippen MR) is 51.6 cm³/mol. The second-order valence-corrected chi connectivity index (χ2v) is 3.49. The molecule has 0 N–H and O–H groups in total. The summed E-state index contributed by atoms with van der Waals surface area (Å²) in [6, 6.07) is 1.27. The van der Waals surface area contributed by atoms with Crippen LogP contribution in [0.3, 0.4) is 0 Å². The van der Waals surface area contributed by atoms with Crippen LogP contribution in [-0.2, 0) is 5.33 Å². The van der Waals surface area contributed by atoms with E-state index < -0.39 is 6.43 Å². The molecule has 0 unspecified atom stereocenters.